The molecule has 0 aromatic carbocycles. The van der Waals surface area contributed by atoms with Crippen LogP contribution >= 0.6 is 0 Å². The third-order valence-electron chi connectivity index (χ3n) is 4.64. The molecule has 0 bridgehead atoms. The molecule has 5 nitrogen and oxygen atoms in total. The van der Waals surface area contributed by atoms with Gasteiger partial charge in [0, 0.05) is 38.4 Å². The van der Waals surface area contributed by atoms with Crippen molar-refractivity contribution < 1.29 is 4.79 Å². The van der Waals surface area contributed by atoms with Gasteiger partial charge in [-0.3, -0.25) is 14.4 Å². The van der Waals surface area contributed by atoms with Gasteiger partial charge in [0.05, 0.1) is 17.7 Å². The first-order valence-electron chi connectivity index (χ1n) is 7.98. The van der Waals surface area contributed by atoms with Crippen LogP contribution in [-0.2, 0) is 11.2 Å². The summed E-state index contributed by atoms with van der Waals surface area (Å²) >= 11 is 0. The number of aromatic nitrogens is 2. The van der Waals surface area contributed by atoms with Crippen molar-refractivity contribution in [3.8, 4) is 0 Å². The first-order chi connectivity index (χ1) is 9.95. The number of nitrogens with one attached hydrogen (secondary N) is 1. The molecule has 1 fully saturated rings. The van der Waals surface area contributed by atoms with Gasteiger partial charge in [-0.15, -0.1) is 0 Å². The smallest absolute Gasteiger partial charge is 0.158 e. The summed E-state index contributed by atoms with van der Waals surface area (Å²) in [4.78, 5) is 14.9. The van der Waals surface area contributed by atoms with Crippen LogP contribution in [0.25, 0.3) is 0 Å². The van der Waals surface area contributed by atoms with Crippen molar-refractivity contribution in [3.05, 3.63) is 18.0 Å². The second-order valence-electron chi connectivity index (χ2n) is 6.44. The average Bonchev–Trinajstić information content (AvgIpc) is 2.95. The standard InChI is InChI=1S/C16H28N4O/c1-5-13(2)20-9-6-14(18-20)12-15(21)16(3,4)19-10-7-17-8-11-19/h6,9,13,17H,5,7-8,10-12H2,1-4H3. The lowest BCUT2D eigenvalue weighted by molar-refractivity contribution is -0.129. The molecule has 0 radical (unpaired) electrons. The fourth-order valence-electron chi connectivity index (χ4n) is 2.69. The molecular formula is C16H28N4O. The normalized spacial score (nSPS) is 18.7. The molecule has 1 unspecified atom stereocenters. The molecule has 0 saturated carbocycles. The molecule has 5 heteroatoms. The van der Waals surface area contributed by atoms with Crippen molar-refractivity contribution in [2.24, 2.45) is 0 Å². The third-order valence-corrected chi connectivity index (χ3v) is 4.64. The van der Waals surface area contributed by atoms with Gasteiger partial charge in [-0.05, 0) is 33.3 Å². The molecule has 21 heavy (non-hydrogen) atoms. The molecule has 1 aliphatic heterocycles. The van der Waals surface area contributed by atoms with E-state index in [1.807, 2.05) is 30.8 Å². The molecule has 1 aliphatic rings. The minimum absolute atomic E-state index is 0.249. The van der Waals surface area contributed by atoms with E-state index in [0.717, 1.165) is 38.3 Å². The van der Waals surface area contributed by atoms with Gasteiger partial charge < -0.3 is 5.32 Å². The highest BCUT2D eigenvalue weighted by Crippen LogP contribution is 2.19. The Morgan fingerprint density at radius 3 is 2.71 bits per heavy atom. The molecule has 0 aliphatic carbocycles. The van der Waals surface area contributed by atoms with E-state index in [4.69, 9.17) is 0 Å². The van der Waals surface area contributed by atoms with Crippen LogP contribution in [0.15, 0.2) is 12.3 Å². The van der Waals surface area contributed by atoms with Crippen LogP contribution in [0.4, 0.5) is 0 Å². The van der Waals surface area contributed by atoms with Gasteiger partial charge >= 0.3 is 0 Å². The fourth-order valence-corrected chi connectivity index (χ4v) is 2.69. The Balaban J connectivity index is 2.01. The van der Waals surface area contributed by atoms with E-state index in [0.29, 0.717) is 12.5 Å². The van der Waals surface area contributed by atoms with Crippen LogP contribution in [-0.4, -0.2) is 52.2 Å². The molecule has 0 spiro atoms. The van der Waals surface area contributed by atoms with Gasteiger partial charge in [0.25, 0.3) is 0 Å². The second-order valence-corrected chi connectivity index (χ2v) is 6.44. The number of carbonyl (C=O) groups is 1. The van der Waals surface area contributed by atoms with Crippen LogP contribution in [0.2, 0.25) is 0 Å². The van der Waals surface area contributed by atoms with E-state index in [2.05, 4.69) is 29.2 Å². The Kier molecular flexibility index (Phi) is 5.17. The van der Waals surface area contributed by atoms with Crippen molar-refractivity contribution in [2.75, 3.05) is 26.2 Å². The first-order valence-corrected chi connectivity index (χ1v) is 7.98. The van der Waals surface area contributed by atoms with Gasteiger partial charge in [-0.25, -0.2) is 0 Å². The second kappa shape index (κ2) is 6.71. The largest absolute Gasteiger partial charge is 0.314 e. The SMILES string of the molecule is CCC(C)n1ccc(CC(=O)C(C)(C)N2CCNCC2)n1. The van der Waals surface area contributed by atoms with Gasteiger partial charge in [-0.1, -0.05) is 6.92 Å². The molecule has 1 N–H and O–H groups in total. The maximum absolute atomic E-state index is 12.7. The fraction of sp³-hybridized carbons (Fsp3) is 0.750. The van der Waals surface area contributed by atoms with E-state index >= 15 is 0 Å². The number of hydrogen-bond donors (Lipinski definition) is 1. The maximum atomic E-state index is 12.7. The van der Waals surface area contributed by atoms with Crippen LogP contribution in [0.1, 0.15) is 45.9 Å². The molecule has 1 atom stereocenters. The molecule has 1 aromatic rings. The molecule has 118 valence electrons. The van der Waals surface area contributed by atoms with Gasteiger partial charge in [0.2, 0.25) is 0 Å². The zero-order valence-electron chi connectivity index (χ0n) is 13.7. The van der Waals surface area contributed by atoms with E-state index in [9.17, 15) is 4.79 Å². The summed E-state index contributed by atoms with van der Waals surface area (Å²) in [7, 11) is 0. The first kappa shape index (κ1) is 16.2. The van der Waals surface area contributed by atoms with Crippen molar-refractivity contribution >= 4 is 5.78 Å². The number of ketones is 1. The Hall–Kier alpha value is -1.20. The van der Waals surface area contributed by atoms with Crippen molar-refractivity contribution in [1.29, 1.82) is 0 Å². The number of nitrogens with zero attached hydrogens (tertiary/aromatic N) is 3. The molecular weight excluding hydrogens is 264 g/mol. The van der Waals surface area contributed by atoms with Gasteiger partial charge in [-0.2, -0.15) is 5.10 Å². The quantitative estimate of drug-likeness (QED) is 0.866. The van der Waals surface area contributed by atoms with Crippen molar-refractivity contribution in [3.63, 3.8) is 0 Å². The van der Waals surface area contributed by atoms with Crippen LogP contribution in [0, 0.1) is 0 Å². The number of rotatable bonds is 6. The highest BCUT2D eigenvalue weighted by atomic mass is 16.1. The summed E-state index contributed by atoms with van der Waals surface area (Å²) in [6.45, 7) is 12.1. The summed E-state index contributed by atoms with van der Waals surface area (Å²) in [6.07, 6.45) is 3.44. The Morgan fingerprint density at radius 1 is 1.43 bits per heavy atom. The molecule has 1 saturated heterocycles. The summed E-state index contributed by atoms with van der Waals surface area (Å²) < 4.78 is 1.96. The Bertz CT molecular complexity index is 474. The van der Waals surface area contributed by atoms with E-state index in [1.165, 1.54) is 0 Å². The summed E-state index contributed by atoms with van der Waals surface area (Å²) in [5, 5.41) is 7.87. The van der Waals surface area contributed by atoms with Crippen molar-refractivity contribution in [1.82, 2.24) is 20.0 Å². The van der Waals surface area contributed by atoms with E-state index < -0.39 is 5.54 Å². The molecule has 2 rings (SSSR count). The van der Waals surface area contributed by atoms with Crippen molar-refractivity contribution in [2.45, 2.75) is 52.1 Å². The summed E-state index contributed by atoms with van der Waals surface area (Å²) in [6, 6.07) is 2.35. The van der Waals surface area contributed by atoms with Crippen LogP contribution in [0.5, 0.6) is 0 Å². The van der Waals surface area contributed by atoms with Crippen LogP contribution < -0.4 is 5.32 Å². The summed E-state index contributed by atoms with van der Waals surface area (Å²) in [5.74, 6) is 0.249. The van der Waals surface area contributed by atoms with Gasteiger partial charge in [0.15, 0.2) is 5.78 Å². The third kappa shape index (κ3) is 3.71. The lowest BCUT2D eigenvalue weighted by atomic mass is 9.92. The predicted molar refractivity (Wildman–Crippen MR) is 84.5 cm³/mol. The zero-order valence-corrected chi connectivity index (χ0v) is 13.7. The Morgan fingerprint density at radius 2 is 2.10 bits per heavy atom. The van der Waals surface area contributed by atoms with Gasteiger partial charge in [0.1, 0.15) is 0 Å². The number of carbonyl (C=O) groups excluding carboxylic acids is 1. The van der Waals surface area contributed by atoms with E-state index in [1.54, 1.807) is 0 Å². The lowest BCUT2D eigenvalue weighted by Gasteiger charge is -2.39. The average molecular weight is 292 g/mol. The van der Waals surface area contributed by atoms with Crippen LogP contribution in [0.3, 0.4) is 0 Å². The molecule has 0 amide bonds. The Labute approximate surface area is 127 Å². The number of hydrogen-bond acceptors (Lipinski definition) is 4. The topological polar surface area (TPSA) is 50.2 Å². The predicted octanol–water partition coefficient (Wildman–Crippen LogP) is 1.65. The van der Waals surface area contributed by atoms with E-state index in [-0.39, 0.29) is 5.78 Å². The number of piperazine rings is 1. The maximum Gasteiger partial charge on any atom is 0.158 e. The zero-order chi connectivity index (χ0) is 15.5. The highest BCUT2D eigenvalue weighted by Gasteiger charge is 2.34. The minimum atomic E-state index is -0.414. The monoisotopic (exact) mass is 292 g/mol. The highest BCUT2D eigenvalue weighted by molar-refractivity contribution is 5.89. The molecule has 2 heterocycles. The molecule has 1 aromatic heterocycles. The lowest BCUT2D eigenvalue weighted by Crippen LogP contribution is -2.57. The summed E-state index contributed by atoms with van der Waals surface area (Å²) in [5.41, 5.74) is 0.464. The minimum Gasteiger partial charge on any atom is -0.314 e. The number of Topliss-reactive ketones (excluding diaryl/α,β-unsaturated/α-hetero) is 1.